The van der Waals surface area contributed by atoms with Crippen molar-refractivity contribution >= 4 is 33.0 Å². The molecule has 0 rings (SSSR count). The molecule has 0 unspecified atom stereocenters. The Labute approximate surface area is 175 Å². The van der Waals surface area contributed by atoms with Gasteiger partial charge in [0.05, 0.1) is 8.07 Å². The van der Waals surface area contributed by atoms with Crippen molar-refractivity contribution in [1.29, 1.82) is 0 Å². The quantitative estimate of drug-likeness (QED) is 0.236. The van der Waals surface area contributed by atoms with Gasteiger partial charge in [-0.15, -0.1) is 0 Å². The Morgan fingerprint density at radius 1 is 0.519 bits per heavy atom. The average molecular weight is 451 g/mol. The summed E-state index contributed by atoms with van der Waals surface area (Å²) in [7, 11) is -5.99. The first kappa shape index (κ1) is 27.7. The summed E-state index contributed by atoms with van der Waals surface area (Å²) in [5.41, 5.74) is 3.15. The van der Waals surface area contributed by atoms with Gasteiger partial charge in [0.25, 0.3) is 0 Å². The maximum absolute atomic E-state index is 6.10. The van der Waals surface area contributed by atoms with E-state index in [9.17, 15) is 0 Å². The van der Waals surface area contributed by atoms with Crippen LogP contribution in [0.2, 0.25) is 67.7 Å². The largest absolute Gasteiger partial charge is 0.500 e. The van der Waals surface area contributed by atoms with Crippen LogP contribution in [0.1, 0.15) is 41.5 Å². The minimum absolute atomic E-state index is 0.687. The molecule has 0 saturated carbocycles. The lowest BCUT2D eigenvalue weighted by atomic mass is 10.9. The fraction of sp³-hybridized carbons (Fsp3) is 1.00. The molecule has 0 aliphatic heterocycles. The zero-order valence-corrected chi connectivity index (χ0v) is 24.3. The molecule has 0 aromatic heterocycles. The third-order valence-corrected chi connectivity index (χ3v) is 30.4. The van der Waals surface area contributed by atoms with Crippen LogP contribution in [0.4, 0.5) is 0 Å². The van der Waals surface area contributed by atoms with Crippen molar-refractivity contribution in [3.63, 3.8) is 0 Å². The van der Waals surface area contributed by atoms with Crippen LogP contribution in [0, 0.1) is 0 Å². The summed E-state index contributed by atoms with van der Waals surface area (Å²) in [6, 6.07) is 6.67. The van der Waals surface area contributed by atoms with Gasteiger partial charge in [0.15, 0.2) is 0 Å². The van der Waals surface area contributed by atoms with Crippen LogP contribution in [0.25, 0.3) is 0 Å². The van der Waals surface area contributed by atoms with Crippen LogP contribution >= 0.6 is 0 Å². The molecule has 0 saturated heterocycles. The van der Waals surface area contributed by atoms with Crippen LogP contribution in [0.3, 0.4) is 0 Å². The van der Waals surface area contributed by atoms with Gasteiger partial charge >= 0.3 is 8.80 Å². The third-order valence-electron chi connectivity index (χ3n) is 6.26. The van der Waals surface area contributed by atoms with Crippen LogP contribution in [-0.2, 0) is 13.3 Å². The van der Waals surface area contributed by atoms with E-state index in [1.807, 2.05) is 0 Å². The van der Waals surface area contributed by atoms with Crippen molar-refractivity contribution in [2.45, 2.75) is 109 Å². The predicted octanol–water partition coefficient (Wildman–Crippen LogP) is 7.04. The van der Waals surface area contributed by atoms with Crippen LogP contribution in [0.5, 0.6) is 0 Å². The molecule has 0 bridgehead atoms. The SMILES string of the molecule is CCO[Si](CC[Si](C)(C)C[Si](C)(C)C[Si](CC)(CC)CC)(OCC)OCC. The lowest BCUT2D eigenvalue weighted by Crippen LogP contribution is -2.50. The second kappa shape index (κ2) is 12.4. The Morgan fingerprint density at radius 3 is 1.26 bits per heavy atom. The highest BCUT2D eigenvalue weighted by Gasteiger charge is 2.44. The van der Waals surface area contributed by atoms with Gasteiger partial charge in [-0.2, -0.15) is 0 Å². The van der Waals surface area contributed by atoms with E-state index in [0.29, 0.717) is 19.8 Å². The Morgan fingerprint density at radius 2 is 0.926 bits per heavy atom. The molecule has 0 aliphatic carbocycles. The molecule has 0 fully saturated rings. The lowest BCUT2D eigenvalue weighted by Gasteiger charge is -2.40. The Bertz CT molecular complexity index is 373. The van der Waals surface area contributed by atoms with E-state index >= 15 is 0 Å². The monoisotopic (exact) mass is 450 g/mol. The summed E-state index contributed by atoms with van der Waals surface area (Å²) >= 11 is 0. The van der Waals surface area contributed by atoms with E-state index in [0.717, 1.165) is 6.04 Å². The molecule has 0 aromatic carbocycles. The molecule has 0 spiro atoms. The molecule has 7 heteroatoms. The zero-order chi connectivity index (χ0) is 21.2. The molecular formula is C20H50O3Si4. The number of rotatable bonds is 16. The van der Waals surface area contributed by atoms with Crippen LogP contribution in [-0.4, -0.2) is 52.8 Å². The van der Waals surface area contributed by atoms with Crippen molar-refractivity contribution in [3.8, 4) is 0 Å². The van der Waals surface area contributed by atoms with Crippen LogP contribution in [0.15, 0.2) is 0 Å². The first-order chi connectivity index (χ1) is 12.5. The van der Waals surface area contributed by atoms with E-state index in [1.165, 1.54) is 29.8 Å². The minimum atomic E-state index is -2.49. The van der Waals surface area contributed by atoms with Crippen molar-refractivity contribution in [2.24, 2.45) is 0 Å². The summed E-state index contributed by atoms with van der Waals surface area (Å²) in [5.74, 6) is 0. The number of hydrogen-bond donors (Lipinski definition) is 0. The topological polar surface area (TPSA) is 27.7 Å². The molecule has 0 amide bonds. The van der Waals surface area contributed by atoms with Crippen molar-refractivity contribution in [1.82, 2.24) is 0 Å². The van der Waals surface area contributed by atoms with Gasteiger partial charge in [0.2, 0.25) is 0 Å². The zero-order valence-electron chi connectivity index (χ0n) is 20.3. The molecule has 0 aliphatic rings. The first-order valence-electron chi connectivity index (χ1n) is 11.4. The highest BCUT2D eigenvalue weighted by Crippen LogP contribution is 2.36. The number of hydrogen-bond acceptors (Lipinski definition) is 3. The fourth-order valence-corrected chi connectivity index (χ4v) is 36.3. The smallest absolute Gasteiger partial charge is 0.374 e. The van der Waals surface area contributed by atoms with E-state index in [-0.39, 0.29) is 0 Å². The predicted molar refractivity (Wildman–Crippen MR) is 132 cm³/mol. The summed E-state index contributed by atoms with van der Waals surface area (Å²) < 4.78 is 18.3. The molecule has 0 atom stereocenters. The Hall–Kier alpha value is 0.748. The Kier molecular flexibility index (Phi) is 12.8. The molecule has 27 heavy (non-hydrogen) atoms. The van der Waals surface area contributed by atoms with Crippen molar-refractivity contribution in [2.75, 3.05) is 19.8 Å². The van der Waals surface area contributed by atoms with E-state index in [4.69, 9.17) is 13.3 Å². The maximum Gasteiger partial charge on any atom is 0.500 e. The second-order valence-electron chi connectivity index (χ2n) is 9.72. The lowest BCUT2D eigenvalue weighted by molar-refractivity contribution is 0.0725. The summed E-state index contributed by atoms with van der Waals surface area (Å²) in [6.45, 7) is 26.1. The summed E-state index contributed by atoms with van der Waals surface area (Å²) in [4.78, 5) is 0. The normalized spacial score (nSPS) is 14.0. The van der Waals surface area contributed by atoms with Gasteiger partial charge in [-0.05, 0) is 20.8 Å². The molecule has 0 N–H and O–H groups in total. The molecular weight excluding hydrogens is 401 g/mol. The van der Waals surface area contributed by atoms with Gasteiger partial charge in [-0.1, -0.05) is 82.5 Å². The highest BCUT2D eigenvalue weighted by atomic mass is 28.4. The van der Waals surface area contributed by atoms with Gasteiger partial charge in [0.1, 0.15) is 0 Å². The van der Waals surface area contributed by atoms with E-state index < -0.39 is 33.0 Å². The standard InChI is InChI=1S/C20H50O3Si4/c1-11-21-27(22-12-2,23-13-3)18-17-24(7,8)19-25(9,10)20-26(14-4,15-5)16-6/h11-20H2,1-10H3. The fourth-order valence-electron chi connectivity index (χ4n) is 5.08. The van der Waals surface area contributed by atoms with Gasteiger partial charge < -0.3 is 13.3 Å². The molecule has 164 valence electrons. The van der Waals surface area contributed by atoms with Gasteiger partial charge in [0, 0.05) is 42.0 Å². The Balaban J connectivity index is 5.12. The van der Waals surface area contributed by atoms with Crippen molar-refractivity contribution < 1.29 is 13.3 Å². The van der Waals surface area contributed by atoms with Crippen molar-refractivity contribution in [3.05, 3.63) is 0 Å². The van der Waals surface area contributed by atoms with E-state index in [1.54, 1.807) is 5.67 Å². The van der Waals surface area contributed by atoms with Gasteiger partial charge in [-0.25, -0.2) is 0 Å². The molecule has 0 heterocycles. The molecule has 0 aromatic rings. The minimum Gasteiger partial charge on any atom is -0.374 e. The average Bonchev–Trinajstić information content (AvgIpc) is 2.58. The molecule has 3 nitrogen and oxygen atoms in total. The van der Waals surface area contributed by atoms with E-state index in [2.05, 4.69) is 67.7 Å². The van der Waals surface area contributed by atoms with Crippen LogP contribution < -0.4 is 0 Å². The summed E-state index contributed by atoms with van der Waals surface area (Å²) in [5, 5.41) is 0. The first-order valence-corrected chi connectivity index (χ1v) is 23.0. The maximum atomic E-state index is 6.10. The summed E-state index contributed by atoms with van der Waals surface area (Å²) in [6.07, 6.45) is 0. The van der Waals surface area contributed by atoms with Gasteiger partial charge in [-0.3, -0.25) is 0 Å². The second-order valence-corrected chi connectivity index (χ2v) is 29.6. The third kappa shape index (κ3) is 9.87. The highest BCUT2D eigenvalue weighted by molar-refractivity contribution is 7.03. The molecule has 0 radical (unpaired) electrons.